The molecule has 1 heterocycles. The smallest absolute Gasteiger partial charge is 0.405 e. The number of aliphatic hydroxyl groups excluding tert-OH is 1. The molecule has 1 aromatic rings. The molecule has 2 rings (SSSR count). The summed E-state index contributed by atoms with van der Waals surface area (Å²) in [6.45, 7) is 6.71. The number of carbonyl (C=O) groups is 2. The van der Waals surface area contributed by atoms with E-state index in [1.165, 1.54) is 39.4 Å². The maximum atomic E-state index is 12.8. The third-order valence-electron chi connectivity index (χ3n) is 6.47. The van der Waals surface area contributed by atoms with Crippen molar-refractivity contribution in [1.29, 1.82) is 0 Å². The Morgan fingerprint density at radius 2 is 1.77 bits per heavy atom. The molecule has 1 aliphatic heterocycles. The van der Waals surface area contributed by atoms with Crippen molar-refractivity contribution in [2.45, 2.75) is 58.5 Å². The summed E-state index contributed by atoms with van der Waals surface area (Å²) >= 11 is 0. The first-order valence-electron chi connectivity index (χ1n) is 12.3. The summed E-state index contributed by atoms with van der Waals surface area (Å²) in [6.07, 6.45) is 3.52. The maximum Gasteiger partial charge on any atom is 0.405 e. The van der Waals surface area contributed by atoms with Crippen LogP contribution in [0.2, 0.25) is 0 Å². The van der Waals surface area contributed by atoms with Crippen LogP contribution in [0, 0.1) is 5.92 Å². The topological polar surface area (TPSA) is 181 Å². The molecule has 214 valence electrons. The molecule has 2 bridgehead atoms. The van der Waals surface area contributed by atoms with Crippen molar-refractivity contribution >= 4 is 23.8 Å². The number of benzene rings is 1. The first-order valence-corrected chi connectivity index (χ1v) is 12.3. The van der Waals surface area contributed by atoms with E-state index in [1.807, 2.05) is 0 Å². The number of hydrogen-bond acceptors (Lipinski definition) is 9. The van der Waals surface area contributed by atoms with Gasteiger partial charge in [-0.1, -0.05) is 36.8 Å². The van der Waals surface area contributed by atoms with Crippen molar-refractivity contribution < 1.29 is 44.2 Å². The van der Waals surface area contributed by atoms with Crippen molar-refractivity contribution in [1.82, 2.24) is 0 Å². The number of aliphatic hydroxyl groups is 1. The number of aromatic hydroxyl groups is 3. The van der Waals surface area contributed by atoms with Crippen LogP contribution in [0.5, 0.6) is 17.2 Å². The first kappa shape index (κ1) is 31.4. The number of anilines is 1. The van der Waals surface area contributed by atoms with E-state index in [4.69, 9.17) is 19.9 Å². The number of methoxy groups -OCH3 is 2. The number of nitrogens with one attached hydrogen (secondary N) is 1. The van der Waals surface area contributed by atoms with Crippen LogP contribution in [0.15, 0.2) is 47.1 Å². The van der Waals surface area contributed by atoms with Gasteiger partial charge in [0.15, 0.2) is 17.6 Å². The molecule has 1 aromatic carbocycles. The second-order valence-electron chi connectivity index (χ2n) is 9.53. The largest absolute Gasteiger partial charge is 0.505 e. The lowest BCUT2D eigenvalue weighted by atomic mass is 9.91. The number of rotatable bonds is 3. The third kappa shape index (κ3) is 8.09. The van der Waals surface area contributed by atoms with Gasteiger partial charge in [-0.25, -0.2) is 4.79 Å². The number of amides is 2. The second-order valence-corrected chi connectivity index (χ2v) is 9.53. The van der Waals surface area contributed by atoms with Crippen molar-refractivity contribution in [2.75, 3.05) is 19.5 Å². The van der Waals surface area contributed by atoms with E-state index in [1.54, 1.807) is 32.9 Å². The molecule has 2 amide bonds. The standard InChI is InChI=1S/C28H38N2O9/c1-14-10-18-24(33)19(13-20(31)25(18)34)30-27(35)15(2)8-7-9-21(37-5)26(39-28(29)36)17(4)12-16(3)23(32)22(11-14)38-6/h7-10,12-13,16,21-23,26,31-34H,11H2,1-6H3,(H2,29,36)(H,30,35). The third-order valence-corrected chi connectivity index (χ3v) is 6.47. The molecular formula is C28H38N2O9. The first-order chi connectivity index (χ1) is 18.3. The second kappa shape index (κ2) is 13.8. The molecule has 0 fully saturated rings. The average molecular weight is 547 g/mol. The predicted molar refractivity (Wildman–Crippen MR) is 146 cm³/mol. The molecule has 5 atom stereocenters. The number of fused-ring (bicyclic) bond motifs is 2. The molecule has 0 saturated carbocycles. The Hall–Kier alpha value is -3.80. The zero-order valence-corrected chi connectivity index (χ0v) is 23.0. The van der Waals surface area contributed by atoms with E-state index >= 15 is 0 Å². The Morgan fingerprint density at radius 3 is 2.36 bits per heavy atom. The Balaban J connectivity index is 2.69. The van der Waals surface area contributed by atoms with Crippen LogP contribution in [0.4, 0.5) is 10.5 Å². The van der Waals surface area contributed by atoms with Crippen LogP contribution in [-0.4, -0.2) is 71.1 Å². The van der Waals surface area contributed by atoms with Gasteiger partial charge in [-0.3, -0.25) is 4.79 Å². The van der Waals surface area contributed by atoms with Gasteiger partial charge in [-0.05, 0) is 38.8 Å². The van der Waals surface area contributed by atoms with Crippen LogP contribution in [0.1, 0.15) is 39.7 Å². The Morgan fingerprint density at radius 1 is 1.10 bits per heavy atom. The molecule has 0 saturated heterocycles. The van der Waals surface area contributed by atoms with Gasteiger partial charge in [0, 0.05) is 31.8 Å². The zero-order chi connectivity index (χ0) is 29.4. The normalized spacial score (nSPS) is 25.3. The van der Waals surface area contributed by atoms with E-state index < -0.39 is 59.6 Å². The van der Waals surface area contributed by atoms with Gasteiger partial charge in [0.1, 0.15) is 11.9 Å². The number of phenolic OH excluding ortho intramolecular Hbond substituents is 3. The predicted octanol–water partition coefficient (Wildman–Crippen LogP) is 3.49. The molecule has 39 heavy (non-hydrogen) atoms. The minimum atomic E-state index is -1.01. The number of nitrogens with two attached hydrogens (primary N) is 1. The number of carbonyl (C=O) groups excluding carboxylic acids is 2. The van der Waals surface area contributed by atoms with Crippen molar-refractivity contribution in [3.8, 4) is 17.2 Å². The van der Waals surface area contributed by atoms with E-state index in [0.29, 0.717) is 11.1 Å². The summed E-state index contributed by atoms with van der Waals surface area (Å²) in [5.74, 6) is -2.62. The maximum absolute atomic E-state index is 12.8. The van der Waals surface area contributed by atoms with Gasteiger partial charge in [0.2, 0.25) is 0 Å². The van der Waals surface area contributed by atoms with Crippen LogP contribution >= 0.6 is 0 Å². The Bertz CT molecular complexity index is 1190. The highest BCUT2D eigenvalue weighted by Gasteiger charge is 2.29. The highest BCUT2D eigenvalue weighted by molar-refractivity contribution is 6.05. The monoisotopic (exact) mass is 546 g/mol. The van der Waals surface area contributed by atoms with Crippen molar-refractivity contribution in [3.05, 3.63) is 52.7 Å². The Kier molecular flexibility index (Phi) is 11.1. The average Bonchev–Trinajstić information content (AvgIpc) is 2.88. The molecule has 0 spiro atoms. The van der Waals surface area contributed by atoms with Gasteiger partial charge in [0.05, 0.1) is 23.5 Å². The van der Waals surface area contributed by atoms with E-state index in [2.05, 4.69) is 5.32 Å². The fourth-order valence-electron chi connectivity index (χ4n) is 4.27. The lowest BCUT2D eigenvalue weighted by Crippen LogP contribution is -2.36. The van der Waals surface area contributed by atoms with E-state index in [9.17, 15) is 30.0 Å². The zero-order valence-electron chi connectivity index (χ0n) is 23.0. The minimum absolute atomic E-state index is 0.107. The fourth-order valence-corrected chi connectivity index (χ4v) is 4.27. The SMILES string of the molecule is COC1C=CC=C(C)C(=O)Nc2cc(O)c(O)c(c2O)C=C(C)CC(OC)C(O)C(C)C=C(C)C1OC(N)=O. The molecule has 5 unspecified atom stereocenters. The molecular weight excluding hydrogens is 508 g/mol. The minimum Gasteiger partial charge on any atom is -0.505 e. The summed E-state index contributed by atoms with van der Waals surface area (Å²) in [5, 5.41) is 45.0. The lowest BCUT2D eigenvalue weighted by molar-refractivity contribution is -0.112. The number of allylic oxidation sites excluding steroid dienone is 2. The summed E-state index contributed by atoms with van der Waals surface area (Å²) < 4.78 is 16.4. The summed E-state index contributed by atoms with van der Waals surface area (Å²) in [7, 11) is 2.86. The van der Waals surface area contributed by atoms with Crippen LogP contribution in [0.25, 0.3) is 6.08 Å². The number of primary amides is 1. The quantitative estimate of drug-likeness (QED) is 0.188. The molecule has 0 radical (unpaired) electrons. The Labute approximate surface area is 227 Å². The molecule has 11 heteroatoms. The highest BCUT2D eigenvalue weighted by Crippen LogP contribution is 2.43. The van der Waals surface area contributed by atoms with E-state index in [-0.39, 0.29) is 23.2 Å². The van der Waals surface area contributed by atoms with Crippen LogP contribution in [-0.2, 0) is 19.0 Å². The molecule has 0 aromatic heterocycles. The highest BCUT2D eigenvalue weighted by atomic mass is 16.6. The van der Waals surface area contributed by atoms with Gasteiger partial charge in [-0.15, -0.1) is 0 Å². The number of hydrogen-bond donors (Lipinski definition) is 6. The number of ether oxygens (including phenoxy) is 3. The number of phenols is 3. The lowest BCUT2D eigenvalue weighted by Gasteiger charge is -2.28. The van der Waals surface area contributed by atoms with Crippen LogP contribution < -0.4 is 11.1 Å². The summed E-state index contributed by atoms with van der Waals surface area (Å²) in [4.78, 5) is 24.4. The molecule has 11 nitrogen and oxygen atoms in total. The summed E-state index contributed by atoms with van der Waals surface area (Å²) in [6, 6.07) is 1.03. The molecule has 7 N–H and O–H groups in total. The van der Waals surface area contributed by atoms with Crippen molar-refractivity contribution in [3.63, 3.8) is 0 Å². The van der Waals surface area contributed by atoms with Gasteiger partial charge in [-0.2, -0.15) is 0 Å². The van der Waals surface area contributed by atoms with Crippen molar-refractivity contribution in [2.24, 2.45) is 11.7 Å². The van der Waals surface area contributed by atoms with Gasteiger partial charge < -0.3 is 45.7 Å². The van der Waals surface area contributed by atoms with E-state index in [0.717, 1.165) is 6.07 Å². The summed E-state index contributed by atoms with van der Waals surface area (Å²) in [5.41, 5.74) is 6.47. The van der Waals surface area contributed by atoms with Gasteiger partial charge >= 0.3 is 6.09 Å². The van der Waals surface area contributed by atoms with Crippen LogP contribution in [0.3, 0.4) is 0 Å². The fraction of sp³-hybridized carbons (Fsp3) is 0.429. The van der Waals surface area contributed by atoms with Gasteiger partial charge in [0.25, 0.3) is 5.91 Å². The molecule has 1 aliphatic rings. The molecule has 0 aliphatic carbocycles.